The number of hydrogen-bond acceptors (Lipinski definition) is 4. The van der Waals surface area contributed by atoms with Crippen LogP contribution >= 0.6 is 0 Å². The third-order valence-electron chi connectivity index (χ3n) is 3.02. The first-order chi connectivity index (χ1) is 7.76. The molecule has 2 atom stereocenters. The van der Waals surface area contributed by atoms with Gasteiger partial charge in [0.15, 0.2) is 0 Å². The van der Waals surface area contributed by atoms with Gasteiger partial charge in [-0.15, -0.1) is 0 Å². The summed E-state index contributed by atoms with van der Waals surface area (Å²) in [5.41, 5.74) is 8.19. The standard InChI is InChI=1S/C12H18N2O2/c1-14-12(10(13)7-15)9-2-3-11-8(6-9)4-5-16-11/h2-3,6,10,12,14-15H,4-5,7,13H2,1H3. The van der Waals surface area contributed by atoms with E-state index in [0.29, 0.717) is 0 Å². The normalized spacial score (nSPS) is 17.7. The number of rotatable bonds is 4. The van der Waals surface area contributed by atoms with E-state index < -0.39 is 0 Å². The molecular weight excluding hydrogens is 204 g/mol. The fourth-order valence-corrected chi connectivity index (χ4v) is 2.13. The lowest BCUT2D eigenvalue weighted by atomic mass is 9.98. The molecule has 0 bridgehead atoms. The first-order valence-electron chi connectivity index (χ1n) is 5.55. The monoisotopic (exact) mass is 222 g/mol. The number of likely N-dealkylation sites (N-methyl/N-ethyl adjacent to an activating group) is 1. The van der Waals surface area contributed by atoms with Crippen molar-refractivity contribution in [1.82, 2.24) is 5.32 Å². The second-order valence-corrected chi connectivity index (χ2v) is 4.08. The first kappa shape index (κ1) is 11.4. The average Bonchev–Trinajstić information content (AvgIpc) is 2.77. The smallest absolute Gasteiger partial charge is 0.122 e. The molecule has 1 aliphatic rings. The van der Waals surface area contributed by atoms with Crippen LogP contribution < -0.4 is 15.8 Å². The van der Waals surface area contributed by atoms with Crippen molar-refractivity contribution in [3.05, 3.63) is 29.3 Å². The predicted molar refractivity (Wildman–Crippen MR) is 62.5 cm³/mol. The number of hydrogen-bond donors (Lipinski definition) is 3. The molecular formula is C12H18N2O2. The van der Waals surface area contributed by atoms with E-state index in [2.05, 4.69) is 11.4 Å². The molecule has 4 N–H and O–H groups in total. The summed E-state index contributed by atoms with van der Waals surface area (Å²) in [5.74, 6) is 0.969. The van der Waals surface area contributed by atoms with Crippen LogP contribution in [0.3, 0.4) is 0 Å². The summed E-state index contributed by atoms with van der Waals surface area (Å²) in [6.07, 6.45) is 0.952. The second kappa shape index (κ2) is 4.82. The van der Waals surface area contributed by atoms with Crippen LogP contribution in [0.1, 0.15) is 17.2 Å². The summed E-state index contributed by atoms with van der Waals surface area (Å²) in [6, 6.07) is 5.78. The zero-order chi connectivity index (χ0) is 11.5. The molecule has 1 aliphatic heterocycles. The lowest BCUT2D eigenvalue weighted by Crippen LogP contribution is -2.38. The molecule has 2 rings (SSSR count). The summed E-state index contributed by atoms with van der Waals surface area (Å²) in [5, 5.41) is 12.2. The number of aliphatic hydroxyl groups excluding tert-OH is 1. The Bertz CT molecular complexity index is 368. The van der Waals surface area contributed by atoms with Crippen molar-refractivity contribution in [3.63, 3.8) is 0 Å². The van der Waals surface area contributed by atoms with Crippen molar-refractivity contribution >= 4 is 0 Å². The Hall–Kier alpha value is -1.10. The molecule has 0 aliphatic carbocycles. The first-order valence-corrected chi connectivity index (χ1v) is 5.55. The zero-order valence-electron chi connectivity index (χ0n) is 9.44. The van der Waals surface area contributed by atoms with E-state index >= 15 is 0 Å². The van der Waals surface area contributed by atoms with Crippen LogP contribution in [0.5, 0.6) is 5.75 Å². The molecule has 0 fully saturated rings. The highest BCUT2D eigenvalue weighted by atomic mass is 16.5. The van der Waals surface area contributed by atoms with Crippen molar-refractivity contribution in [2.75, 3.05) is 20.3 Å². The molecule has 4 nitrogen and oxygen atoms in total. The summed E-state index contributed by atoms with van der Waals surface area (Å²) in [7, 11) is 1.85. The fraction of sp³-hybridized carbons (Fsp3) is 0.500. The molecule has 1 aromatic carbocycles. The van der Waals surface area contributed by atoms with E-state index in [4.69, 9.17) is 15.6 Å². The van der Waals surface area contributed by atoms with E-state index in [9.17, 15) is 0 Å². The number of ether oxygens (including phenoxy) is 1. The number of nitrogens with one attached hydrogen (secondary N) is 1. The van der Waals surface area contributed by atoms with Gasteiger partial charge < -0.3 is 20.9 Å². The van der Waals surface area contributed by atoms with E-state index in [0.717, 1.165) is 24.3 Å². The fourth-order valence-electron chi connectivity index (χ4n) is 2.13. The Kier molecular flexibility index (Phi) is 3.43. The molecule has 88 valence electrons. The van der Waals surface area contributed by atoms with E-state index in [1.165, 1.54) is 5.56 Å². The maximum Gasteiger partial charge on any atom is 0.122 e. The summed E-state index contributed by atoms with van der Waals surface area (Å²) < 4.78 is 5.45. The van der Waals surface area contributed by atoms with Gasteiger partial charge in [-0.3, -0.25) is 0 Å². The lowest BCUT2D eigenvalue weighted by molar-refractivity contribution is 0.240. The highest BCUT2D eigenvalue weighted by Gasteiger charge is 2.20. The average molecular weight is 222 g/mol. The van der Waals surface area contributed by atoms with Gasteiger partial charge in [0.1, 0.15) is 5.75 Å². The molecule has 0 radical (unpaired) electrons. The van der Waals surface area contributed by atoms with Gasteiger partial charge >= 0.3 is 0 Å². The van der Waals surface area contributed by atoms with E-state index in [1.54, 1.807) is 0 Å². The summed E-state index contributed by atoms with van der Waals surface area (Å²) in [4.78, 5) is 0. The molecule has 0 saturated carbocycles. The van der Waals surface area contributed by atoms with Gasteiger partial charge in [0, 0.05) is 18.5 Å². The van der Waals surface area contributed by atoms with Crippen molar-refractivity contribution in [3.8, 4) is 5.75 Å². The maximum absolute atomic E-state index is 9.10. The number of benzene rings is 1. The summed E-state index contributed by atoms with van der Waals surface area (Å²) in [6.45, 7) is 0.730. The molecule has 0 aromatic heterocycles. The number of nitrogens with two attached hydrogens (primary N) is 1. The number of fused-ring (bicyclic) bond motifs is 1. The van der Waals surface area contributed by atoms with Crippen LogP contribution in [0.2, 0.25) is 0 Å². The topological polar surface area (TPSA) is 67.5 Å². The Morgan fingerprint density at radius 3 is 3.06 bits per heavy atom. The molecule has 1 aromatic rings. The van der Waals surface area contributed by atoms with Crippen LogP contribution in [-0.2, 0) is 6.42 Å². The Balaban J connectivity index is 2.25. The van der Waals surface area contributed by atoms with Gasteiger partial charge in [0.2, 0.25) is 0 Å². The van der Waals surface area contributed by atoms with Gasteiger partial charge in [-0.1, -0.05) is 12.1 Å². The lowest BCUT2D eigenvalue weighted by Gasteiger charge is -2.22. The molecule has 0 amide bonds. The minimum atomic E-state index is -0.287. The predicted octanol–water partition coefficient (Wildman–Crippen LogP) is 0.202. The third kappa shape index (κ3) is 2.04. The largest absolute Gasteiger partial charge is 0.493 e. The third-order valence-corrected chi connectivity index (χ3v) is 3.02. The van der Waals surface area contributed by atoms with Crippen LogP contribution in [0.25, 0.3) is 0 Å². The molecule has 0 saturated heterocycles. The van der Waals surface area contributed by atoms with Gasteiger partial charge in [-0.25, -0.2) is 0 Å². The Labute approximate surface area is 95.4 Å². The van der Waals surface area contributed by atoms with Gasteiger partial charge in [-0.2, -0.15) is 0 Å². The highest BCUT2D eigenvalue weighted by molar-refractivity contribution is 5.41. The van der Waals surface area contributed by atoms with Gasteiger partial charge in [-0.05, 0) is 24.2 Å². The minimum Gasteiger partial charge on any atom is -0.493 e. The Morgan fingerprint density at radius 2 is 2.38 bits per heavy atom. The zero-order valence-corrected chi connectivity index (χ0v) is 9.44. The van der Waals surface area contributed by atoms with Gasteiger partial charge in [0.25, 0.3) is 0 Å². The van der Waals surface area contributed by atoms with E-state index in [1.807, 2.05) is 19.2 Å². The highest BCUT2D eigenvalue weighted by Crippen LogP contribution is 2.28. The van der Waals surface area contributed by atoms with Crippen LogP contribution in [-0.4, -0.2) is 31.4 Å². The number of aliphatic hydroxyl groups is 1. The van der Waals surface area contributed by atoms with Crippen molar-refractivity contribution in [1.29, 1.82) is 0 Å². The SMILES string of the molecule is CNC(c1ccc2c(c1)CCO2)C(N)CO. The van der Waals surface area contributed by atoms with Crippen molar-refractivity contribution in [2.45, 2.75) is 18.5 Å². The molecule has 1 heterocycles. The summed E-state index contributed by atoms with van der Waals surface area (Å²) >= 11 is 0. The van der Waals surface area contributed by atoms with Crippen LogP contribution in [0.15, 0.2) is 18.2 Å². The van der Waals surface area contributed by atoms with Gasteiger partial charge in [0.05, 0.1) is 13.2 Å². The van der Waals surface area contributed by atoms with Crippen molar-refractivity contribution in [2.24, 2.45) is 5.73 Å². The van der Waals surface area contributed by atoms with Crippen LogP contribution in [0.4, 0.5) is 0 Å². The Morgan fingerprint density at radius 1 is 1.56 bits per heavy atom. The molecule has 16 heavy (non-hydrogen) atoms. The minimum absolute atomic E-state index is 0.0177. The van der Waals surface area contributed by atoms with Crippen molar-refractivity contribution < 1.29 is 9.84 Å². The second-order valence-electron chi connectivity index (χ2n) is 4.08. The molecule has 0 spiro atoms. The quantitative estimate of drug-likeness (QED) is 0.681. The van der Waals surface area contributed by atoms with E-state index in [-0.39, 0.29) is 18.7 Å². The maximum atomic E-state index is 9.10. The molecule has 2 unspecified atom stereocenters. The van der Waals surface area contributed by atoms with Crippen LogP contribution in [0, 0.1) is 0 Å². The molecule has 4 heteroatoms.